The molecule has 6 nitrogen and oxygen atoms in total. The summed E-state index contributed by atoms with van der Waals surface area (Å²) >= 11 is 6.23. The third-order valence-corrected chi connectivity index (χ3v) is 7.74. The molecule has 1 unspecified atom stereocenters. The van der Waals surface area contributed by atoms with E-state index in [-0.39, 0.29) is 31.1 Å². The second-order valence-corrected chi connectivity index (χ2v) is 11.1. The number of carbonyl (C=O) groups excluding carboxylic acids is 1. The molecule has 190 valence electrons. The maximum absolute atomic E-state index is 14.1. The second kappa shape index (κ2) is 9.27. The van der Waals surface area contributed by atoms with Gasteiger partial charge in [0.1, 0.15) is 0 Å². The van der Waals surface area contributed by atoms with Crippen molar-refractivity contribution in [2.24, 2.45) is 5.41 Å². The van der Waals surface area contributed by atoms with Crippen molar-refractivity contribution < 1.29 is 19.7 Å². The highest BCUT2D eigenvalue weighted by atomic mass is 35.5. The van der Waals surface area contributed by atoms with E-state index in [2.05, 4.69) is 6.07 Å². The van der Waals surface area contributed by atoms with Crippen LogP contribution in [0, 0.1) is 16.7 Å². The molecule has 7 heteroatoms. The minimum atomic E-state index is -1.27. The van der Waals surface area contributed by atoms with Gasteiger partial charge in [0, 0.05) is 33.7 Å². The SMILES string of the molecule is CC(C)(O)c1ccc2c(c1)C(=O)N(Cc1ccc(C#N)cc1)C2(OCC1(CO)CC1)c1ccc(Cl)cc1. The van der Waals surface area contributed by atoms with Crippen LogP contribution < -0.4 is 0 Å². The highest BCUT2D eigenvalue weighted by Gasteiger charge is 2.54. The minimum absolute atomic E-state index is 0.0117. The summed E-state index contributed by atoms with van der Waals surface area (Å²) in [6.07, 6.45) is 1.71. The first-order valence-corrected chi connectivity index (χ1v) is 12.7. The van der Waals surface area contributed by atoms with Gasteiger partial charge in [0.05, 0.1) is 30.4 Å². The number of halogens is 1. The van der Waals surface area contributed by atoms with Crippen molar-refractivity contribution in [3.05, 3.63) is 105 Å². The Balaban J connectivity index is 1.69. The molecule has 1 saturated carbocycles. The molecule has 1 heterocycles. The van der Waals surface area contributed by atoms with Crippen LogP contribution in [0.15, 0.2) is 66.7 Å². The van der Waals surface area contributed by atoms with Gasteiger partial charge in [-0.15, -0.1) is 0 Å². The Morgan fingerprint density at radius 3 is 2.32 bits per heavy atom. The Kier molecular flexibility index (Phi) is 6.37. The third kappa shape index (κ3) is 4.54. The predicted molar refractivity (Wildman–Crippen MR) is 140 cm³/mol. The Bertz CT molecular complexity index is 1370. The number of amides is 1. The molecule has 3 aromatic rings. The van der Waals surface area contributed by atoms with Crippen molar-refractivity contribution in [1.82, 2.24) is 4.90 Å². The molecular weight excluding hydrogens is 488 g/mol. The van der Waals surface area contributed by atoms with Gasteiger partial charge < -0.3 is 14.9 Å². The first-order chi connectivity index (χ1) is 17.6. The molecule has 3 aromatic carbocycles. The van der Waals surface area contributed by atoms with Crippen LogP contribution in [0.4, 0.5) is 0 Å². The molecule has 5 rings (SSSR count). The molecule has 0 bridgehead atoms. The number of benzene rings is 3. The summed E-state index contributed by atoms with van der Waals surface area (Å²) in [6.45, 7) is 3.88. The number of carbonyl (C=O) groups is 1. The first kappa shape index (κ1) is 25.4. The molecule has 2 N–H and O–H groups in total. The number of ether oxygens (including phenoxy) is 1. The number of aliphatic hydroxyl groups is 2. The average molecular weight is 517 g/mol. The Hall–Kier alpha value is -3.21. The fraction of sp³-hybridized carbons (Fsp3) is 0.333. The summed E-state index contributed by atoms with van der Waals surface area (Å²) in [5.74, 6) is -0.228. The molecule has 1 aliphatic carbocycles. The summed E-state index contributed by atoms with van der Waals surface area (Å²) in [6, 6.07) is 21.9. The molecule has 1 fully saturated rings. The Morgan fingerprint density at radius 1 is 1.08 bits per heavy atom. The summed E-state index contributed by atoms with van der Waals surface area (Å²) in [5, 5.41) is 30.4. The van der Waals surface area contributed by atoms with Crippen LogP contribution in [0.2, 0.25) is 5.02 Å². The quantitative estimate of drug-likeness (QED) is 0.435. The molecule has 0 radical (unpaired) electrons. The number of rotatable bonds is 8. The van der Waals surface area contributed by atoms with E-state index in [1.165, 1.54) is 0 Å². The van der Waals surface area contributed by atoms with Crippen LogP contribution >= 0.6 is 11.6 Å². The molecule has 37 heavy (non-hydrogen) atoms. The van der Waals surface area contributed by atoms with Crippen LogP contribution in [0.1, 0.15) is 64.9 Å². The number of nitrogens with zero attached hydrogens (tertiary/aromatic N) is 2. The topological polar surface area (TPSA) is 93.8 Å². The van der Waals surface area contributed by atoms with Gasteiger partial charge in [-0.2, -0.15) is 5.26 Å². The Labute approximate surface area is 221 Å². The van der Waals surface area contributed by atoms with Gasteiger partial charge in [0.15, 0.2) is 5.72 Å². The van der Waals surface area contributed by atoms with Gasteiger partial charge in [-0.25, -0.2) is 0 Å². The van der Waals surface area contributed by atoms with Crippen LogP contribution in [0.25, 0.3) is 0 Å². The minimum Gasteiger partial charge on any atom is -0.396 e. The summed E-state index contributed by atoms with van der Waals surface area (Å²) in [4.78, 5) is 15.8. The van der Waals surface area contributed by atoms with E-state index < -0.39 is 11.3 Å². The van der Waals surface area contributed by atoms with Gasteiger partial charge >= 0.3 is 0 Å². The maximum Gasteiger partial charge on any atom is 0.257 e. The van der Waals surface area contributed by atoms with Crippen LogP contribution in [-0.4, -0.2) is 34.2 Å². The fourth-order valence-corrected chi connectivity index (χ4v) is 5.02. The number of hydrogen-bond donors (Lipinski definition) is 2. The number of aliphatic hydroxyl groups excluding tert-OH is 1. The second-order valence-electron chi connectivity index (χ2n) is 10.6. The summed E-state index contributed by atoms with van der Waals surface area (Å²) in [7, 11) is 0. The van der Waals surface area contributed by atoms with Crippen molar-refractivity contribution in [2.75, 3.05) is 13.2 Å². The largest absolute Gasteiger partial charge is 0.396 e. The molecule has 0 aromatic heterocycles. The van der Waals surface area contributed by atoms with Crippen LogP contribution in [-0.2, 0) is 22.6 Å². The van der Waals surface area contributed by atoms with E-state index in [0.29, 0.717) is 27.3 Å². The fourth-order valence-electron chi connectivity index (χ4n) is 4.89. The lowest BCUT2D eigenvalue weighted by Gasteiger charge is -2.40. The lowest BCUT2D eigenvalue weighted by molar-refractivity contribution is -0.128. The molecule has 0 saturated heterocycles. The van der Waals surface area contributed by atoms with Gasteiger partial charge in [0.25, 0.3) is 5.91 Å². The van der Waals surface area contributed by atoms with Crippen molar-refractivity contribution in [3.8, 4) is 6.07 Å². The molecule has 1 amide bonds. The lowest BCUT2D eigenvalue weighted by Crippen LogP contribution is -2.47. The highest BCUT2D eigenvalue weighted by Crippen LogP contribution is 2.51. The highest BCUT2D eigenvalue weighted by molar-refractivity contribution is 6.30. The number of hydrogen-bond acceptors (Lipinski definition) is 5. The molecule has 2 aliphatic rings. The Morgan fingerprint density at radius 2 is 1.76 bits per heavy atom. The third-order valence-electron chi connectivity index (χ3n) is 7.49. The van der Waals surface area contributed by atoms with Crippen LogP contribution in [0.3, 0.4) is 0 Å². The van der Waals surface area contributed by atoms with Crippen molar-refractivity contribution in [2.45, 2.75) is 44.6 Å². The van der Waals surface area contributed by atoms with E-state index in [9.17, 15) is 20.3 Å². The van der Waals surface area contributed by atoms with E-state index in [1.54, 1.807) is 49.1 Å². The number of fused-ring (bicyclic) bond motifs is 1. The van der Waals surface area contributed by atoms with Gasteiger partial charge in [-0.05, 0) is 68.1 Å². The van der Waals surface area contributed by atoms with Gasteiger partial charge in [-0.3, -0.25) is 9.69 Å². The summed E-state index contributed by atoms with van der Waals surface area (Å²) in [5.41, 5.74) is 1.15. The van der Waals surface area contributed by atoms with E-state index in [4.69, 9.17) is 16.3 Å². The van der Waals surface area contributed by atoms with E-state index >= 15 is 0 Å². The number of nitriles is 1. The van der Waals surface area contributed by atoms with Gasteiger partial charge in [0.2, 0.25) is 0 Å². The lowest BCUT2D eigenvalue weighted by atomic mass is 9.89. The molecule has 1 aliphatic heterocycles. The van der Waals surface area contributed by atoms with E-state index in [1.807, 2.05) is 36.4 Å². The first-order valence-electron chi connectivity index (χ1n) is 12.3. The molecular formula is C30H29ClN2O4. The maximum atomic E-state index is 14.1. The zero-order valence-corrected chi connectivity index (χ0v) is 21.6. The average Bonchev–Trinajstić information content (AvgIpc) is 3.64. The van der Waals surface area contributed by atoms with Crippen molar-refractivity contribution >= 4 is 17.5 Å². The smallest absolute Gasteiger partial charge is 0.257 e. The zero-order chi connectivity index (χ0) is 26.4. The van der Waals surface area contributed by atoms with Crippen molar-refractivity contribution in [3.63, 3.8) is 0 Å². The zero-order valence-electron chi connectivity index (χ0n) is 20.9. The summed E-state index contributed by atoms with van der Waals surface area (Å²) < 4.78 is 6.77. The normalized spacial score (nSPS) is 20.0. The molecule has 1 atom stereocenters. The van der Waals surface area contributed by atoms with Crippen molar-refractivity contribution in [1.29, 1.82) is 5.26 Å². The van der Waals surface area contributed by atoms with Gasteiger partial charge in [-0.1, -0.05) is 48.0 Å². The van der Waals surface area contributed by atoms with Crippen LogP contribution in [0.5, 0.6) is 0 Å². The van der Waals surface area contributed by atoms with E-state index in [0.717, 1.165) is 24.0 Å². The molecule has 0 spiro atoms. The predicted octanol–water partition coefficient (Wildman–Crippen LogP) is 5.09. The monoisotopic (exact) mass is 516 g/mol. The standard InChI is InChI=1S/C30H29ClN2O4/c1-28(2,36)23-9-12-26-25(15-23)27(35)33(17-21-5-3-20(16-32)4-6-21)30(26,22-7-10-24(31)11-8-22)37-19-29(18-34)13-14-29/h3-12,15,34,36H,13-14,17-19H2,1-2H3.